The van der Waals surface area contributed by atoms with Crippen LogP contribution >= 0.6 is 0 Å². The van der Waals surface area contributed by atoms with Crippen LogP contribution in [0.3, 0.4) is 0 Å². The molecule has 0 aromatic heterocycles. The Morgan fingerprint density at radius 1 is 0.647 bits per heavy atom. The molecule has 0 atom stereocenters. The van der Waals surface area contributed by atoms with Crippen LogP contribution in [0.1, 0.15) is 73.6 Å². The normalized spacial score (nSPS) is 9.76. The molecule has 0 aliphatic carbocycles. The number of hydrogen-bond donors (Lipinski definition) is 1. The number of carbonyl (C=O) groups excluding carboxylic acids is 2. The van der Waals surface area contributed by atoms with Crippen molar-refractivity contribution < 1.29 is 9.59 Å². The molecule has 0 aliphatic heterocycles. The first kappa shape index (κ1) is 25.6. The largest absolute Gasteiger partial charge is 0.370 e. The van der Waals surface area contributed by atoms with Crippen LogP contribution in [0.15, 0.2) is 36.4 Å². The van der Waals surface area contributed by atoms with E-state index in [4.69, 9.17) is 5.73 Å². The maximum atomic E-state index is 13.2. The zero-order valence-electron chi connectivity index (χ0n) is 18.8. The van der Waals surface area contributed by atoms with Crippen molar-refractivity contribution in [1.29, 1.82) is 21.0 Å². The number of hydrogen-bond acceptors (Lipinski definition) is 6. The summed E-state index contributed by atoms with van der Waals surface area (Å²) in [7, 11) is 0. The molecule has 2 rings (SSSR count). The minimum absolute atomic E-state index is 0.142. The topological polar surface area (TPSA) is 159 Å². The quantitative estimate of drug-likeness (QED) is 0.496. The van der Waals surface area contributed by atoms with Crippen LogP contribution in [-0.2, 0) is 9.59 Å². The third-order valence-corrected chi connectivity index (χ3v) is 5.32. The van der Waals surface area contributed by atoms with Crippen molar-refractivity contribution in [1.82, 2.24) is 0 Å². The lowest BCUT2D eigenvalue weighted by Crippen LogP contribution is -2.26. The Bertz CT molecular complexity index is 1150. The van der Waals surface area contributed by atoms with Gasteiger partial charge in [-0.25, -0.2) is 0 Å². The summed E-state index contributed by atoms with van der Waals surface area (Å²) in [5.74, 6) is -0.522. The summed E-state index contributed by atoms with van der Waals surface area (Å²) < 4.78 is 0. The minimum Gasteiger partial charge on any atom is -0.370 e. The first-order valence-electron chi connectivity index (χ1n) is 10.9. The molecule has 2 amide bonds. The van der Waals surface area contributed by atoms with Crippen LogP contribution in [0.2, 0.25) is 0 Å². The average Bonchev–Trinajstić information content (AvgIpc) is 2.85. The van der Waals surface area contributed by atoms with Gasteiger partial charge in [-0.3, -0.25) is 14.5 Å². The van der Waals surface area contributed by atoms with Crippen LogP contribution in [0.25, 0.3) is 0 Å². The number of unbranched alkanes of at least 4 members (excludes halogenated alkanes) is 5. The number of nitrogens with two attached hydrogens (primary N) is 1. The van der Waals surface area contributed by atoms with Gasteiger partial charge in [0.2, 0.25) is 11.8 Å². The highest BCUT2D eigenvalue weighted by molar-refractivity contribution is 6.01. The van der Waals surface area contributed by atoms with E-state index in [2.05, 4.69) is 0 Å². The summed E-state index contributed by atoms with van der Waals surface area (Å²) in [4.78, 5) is 25.4. The molecular weight excluding hydrogens is 428 g/mol. The number of amides is 2. The first-order valence-corrected chi connectivity index (χ1v) is 10.9. The Labute approximate surface area is 199 Å². The summed E-state index contributed by atoms with van der Waals surface area (Å²) in [5.41, 5.74) is 6.63. The highest BCUT2D eigenvalue weighted by atomic mass is 16.2. The standard InChI is InChI=1S/C26H24N6O2/c27-15-19-9-11-23(13-21(19)17-29)32(24-12-10-20(16-28)22(14-24)18-30)26(34)8-6-4-2-1-3-5-7-25(31)33/h9-14H,1-8H2,(H2,31,33). The van der Waals surface area contributed by atoms with Crippen molar-refractivity contribution in [2.75, 3.05) is 4.90 Å². The van der Waals surface area contributed by atoms with Crippen molar-refractivity contribution in [3.8, 4) is 24.3 Å². The fourth-order valence-corrected chi connectivity index (χ4v) is 3.55. The maximum absolute atomic E-state index is 13.2. The summed E-state index contributed by atoms with van der Waals surface area (Å²) in [6.07, 6.45) is 5.67. The van der Waals surface area contributed by atoms with Gasteiger partial charge in [0.05, 0.1) is 33.6 Å². The van der Waals surface area contributed by atoms with Crippen molar-refractivity contribution in [2.45, 2.75) is 51.4 Å². The van der Waals surface area contributed by atoms with E-state index in [1.54, 1.807) is 12.1 Å². The van der Waals surface area contributed by atoms with E-state index < -0.39 is 0 Å². The third-order valence-electron chi connectivity index (χ3n) is 5.32. The van der Waals surface area contributed by atoms with Crippen LogP contribution in [0.5, 0.6) is 0 Å². The molecule has 0 heterocycles. The molecule has 0 unspecified atom stereocenters. The van der Waals surface area contributed by atoms with Gasteiger partial charge < -0.3 is 5.73 Å². The van der Waals surface area contributed by atoms with E-state index >= 15 is 0 Å². The van der Waals surface area contributed by atoms with Crippen LogP contribution in [0, 0.1) is 45.3 Å². The Hall–Kier alpha value is -4.66. The minimum atomic E-state index is -0.296. The van der Waals surface area contributed by atoms with Crippen molar-refractivity contribution in [3.05, 3.63) is 58.7 Å². The first-order chi connectivity index (χ1) is 16.4. The van der Waals surface area contributed by atoms with Gasteiger partial charge >= 0.3 is 0 Å². The van der Waals surface area contributed by atoms with Crippen LogP contribution in [-0.4, -0.2) is 11.8 Å². The molecule has 2 aromatic rings. The predicted molar refractivity (Wildman–Crippen MR) is 125 cm³/mol. The maximum Gasteiger partial charge on any atom is 0.231 e. The lowest BCUT2D eigenvalue weighted by molar-refractivity contribution is -0.118. The lowest BCUT2D eigenvalue weighted by Gasteiger charge is -2.24. The number of nitriles is 4. The summed E-state index contributed by atoms with van der Waals surface area (Å²) in [6.45, 7) is 0. The number of nitrogens with zero attached hydrogens (tertiary/aromatic N) is 5. The number of anilines is 2. The summed E-state index contributed by atoms with van der Waals surface area (Å²) >= 11 is 0. The fraction of sp³-hybridized carbons (Fsp3) is 0.308. The van der Waals surface area contributed by atoms with Gasteiger partial charge in [0.15, 0.2) is 0 Å². The molecule has 2 aromatic carbocycles. The van der Waals surface area contributed by atoms with E-state index in [0.717, 1.165) is 32.1 Å². The molecule has 170 valence electrons. The molecule has 34 heavy (non-hydrogen) atoms. The van der Waals surface area contributed by atoms with E-state index in [-0.39, 0.29) is 40.5 Å². The Kier molecular flexibility index (Phi) is 9.80. The molecular formula is C26H24N6O2. The average molecular weight is 453 g/mol. The predicted octanol–water partition coefficient (Wildman–Crippen LogP) is 4.44. The van der Waals surface area contributed by atoms with Gasteiger partial charge in [0, 0.05) is 12.8 Å². The monoisotopic (exact) mass is 452 g/mol. The van der Waals surface area contributed by atoms with E-state index in [0.29, 0.717) is 24.2 Å². The van der Waals surface area contributed by atoms with E-state index in [9.17, 15) is 30.6 Å². The molecule has 0 saturated carbocycles. The molecule has 8 nitrogen and oxygen atoms in total. The Balaban J connectivity index is 2.21. The number of primary amides is 1. The van der Waals surface area contributed by atoms with Gasteiger partial charge in [-0.15, -0.1) is 0 Å². The van der Waals surface area contributed by atoms with Crippen LogP contribution in [0.4, 0.5) is 11.4 Å². The zero-order valence-corrected chi connectivity index (χ0v) is 18.8. The number of carbonyl (C=O) groups is 2. The SMILES string of the molecule is N#Cc1ccc(N(C(=O)CCCCCCCCC(N)=O)c2ccc(C#N)c(C#N)c2)cc1C#N. The van der Waals surface area contributed by atoms with Gasteiger partial charge in [-0.2, -0.15) is 21.0 Å². The van der Waals surface area contributed by atoms with Gasteiger partial charge in [-0.1, -0.05) is 25.7 Å². The highest BCUT2D eigenvalue weighted by Gasteiger charge is 2.20. The molecule has 0 radical (unpaired) electrons. The fourth-order valence-electron chi connectivity index (χ4n) is 3.55. The third kappa shape index (κ3) is 6.92. The molecule has 0 spiro atoms. The Morgan fingerprint density at radius 2 is 1.06 bits per heavy atom. The van der Waals surface area contributed by atoms with Crippen molar-refractivity contribution in [2.24, 2.45) is 5.73 Å². The molecule has 0 fully saturated rings. The van der Waals surface area contributed by atoms with Crippen molar-refractivity contribution in [3.63, 3.8) is 0 Å². The molecule has 2 N–H and O–H groups in total. The molecule has 0 bridgehead atoms. The summed E-state index contributed by atoms with van der Waals surface area (Å²) in [5, 5.41) is 37.2. The molecule has 0 saturated heterocycles. The van der Waals surface area contributed by atoms with Gasteiger partial charge in [0.25, 0.3) is 0 Å². The molecule has 0 aliphatic rings. The second kappa shape index (κ2) is 13.0. The highest BCUT2D eigenvalue weighted by Crippen LogP contribution is 2.30. The smallest absolute Gasteiger partial charge is 0.231 e. The van der Waals surface area contributed by atoms with E-state index in [1.165, 1.54) is 29.2 Å². The van der Waals surface area contributed by atoms with Gasteiger partial charge in [-0.05, 0) is 49.2 Å². The second-order valence-corrected chi connectivity index (χ2v) is 7.72. The number of rotatable bonds is 11. The number of benzene rings is 2. The summed E-state index contributed by atoms with van der Waals surface area (Å²) in [6, 6.07) is 16.9. The molecule has 8 heteroatoms. The lowest BCUT2D eigenvalue weighted by atomic mass is 10.0. The van der Waals surface area contributed by atoms with E-state index in [1.807, 2.05) is 24.3 Å². The Morgan fingerprint density at radius 3 is 1.47 bits per heavy atom. The van der Waals surface area contributed by atoms with Gasteiger partial charge in [0.1, 0.15) is 24.3 Å². The second-order valence-electron chi connectivity index (χ2n) is 7.72. The van der Waals surface area contributed by atoms with Crippen molar-refractivity contribution >= 4 is 23.2 Å². The zero-order chi connectivity index (χ0) is 24.9. The van der Waals surface area contributed by atoms with Crippen LogP contribution < -0.4 is 10.6 Å².